The summed E-state index contributed by atoms with van der Waals surface area (Å²) < 4.78 is 0. The van der Waals surface area contributed by atoms with Crippen molar-refractivity contribution in [1.29, 1.82) is 0 Å². The van der Waals surface area contributed by atoms with Gasteiger partial charge in [0.15, 0.2) is 0 Å². The number of nitrogens with zero attached hydrogens (tertiary/aromatic N) is 2. The predicted molar refractivity (Wildman–Crippen MR) is 66.4 cm³/mol. The fourth-order valence-corrected chi connectivity index (χ4v) is 1.28. The van der Waals surface area contributed by atoms with Gasteiger partial charge in [-0.1, -0.05) is 0 Å². The van der Waals surface area contributed by atoms with Crippen LogP contribution in [0.3, 0.4) is 0 Å². The number of amides is 2. The highest BCUT2D eigenvalue weighted by Crippen LogP contribution is 2.15. The van der Waals surface area contributed by atoms with Crippen molar-refractivity contribution in [3.63, 3.8) is 0 Å². The Hall–Kier alpha value is -2.48. The van der Waals surface area contributed by atoms with Crippen LogP contribution in [0.15, 0.2) is 24.3 Å². The maximum atomic E-state index is 11.5. The topological polar surface area (TPSA) is 113 Å². The van der Waals surface area contributed by atoms with Crippen molar-refractivity contribution in [2.24, 2.45) is 0 Å². The number of aliphatic hydroxyl groups is 1. The van der Waals surface area contributed by atoms with E-state index in [9.17, 15) is 19.7 Å². The predicted octanol–water partition coefficient (Wildman–Crippen LogP) is -0.0160. The van der Waals surface area contributed by atoms with Crippen LogP contribution in [0.4, 0.5) is 11.4 Å². The minimum absolute atomic E-state index is 0.0481. The van der Waals surface area contributed by atoms with Gasteiger partial charge in [0, 0.05) is 31.4 Å². The Kier molecular flexibility index (Phi) is 4.95. The monoisotopic (exact) mass is 267 g/mol. The van der Waals surface area contributed by atoms with E-state index in [2.05, 4.69) is 5.32 Å². The van der Waals surface area contributed by atoms with Gasteiger partial charge in [0.25, 0.3) is 5.69 Å². The van der Waals surface area contributed by atoms with Gasteiger partial charge in [0.05, 0.1) is 11.5 Å². The lowest BCUT2D eigenvalue weighted by molar-refractivity contribution is -0.384. The maximum absolute atomic E-state index is 11.5. The molecule has 1 rings (SSSR count). The zero-order valence-corrected chi connectivity index (χ0v) is 10.2. The lowest BCUT2D eigenvalue weighted by Gasteiger charge is -2.14. The van der Waals surface area contributed by atoms with Crippen molar-refractivity contribution >= 4 is 23.2 Å². The lowest BCUT2D eigenvalue weighted by atomic mass is 10.3. The third kappa shape index (κ3) is 4.03. The third-order valence-electron chi connectivity index (χ3n) is 2.31. The van der Waals surface area contributed by atoms with E-state index >= 15 is 0 Å². The molecule has 1 aromatic rings. The van der Waals surface area contributed by atoms with Crippen LogP contribution < -0.4 is 5.32 Å². The SMILES string of the molecule is CN(CCO)C(=O)C(=O)Nc1ccc([N+](=O)[O-])cc1. The number of aliphatic hydroxyl groups excluding tert-OH is 1. The minimum Gasteiger partial charge on any atom is -0.395 e. The summed E-state index contributed by atoms with van der Waals surface area (Å²) in [6.07, 6.45) is 0. The number of likely N-dealkylation sites (N-methyl/N-ethyl adjacent to an activating group) is 1. The standard InChI is InChI=1S/C11H13N3O5/c1-13(6-7-15)11(17)10(16)12-8-2-4-9(5-3-8)14(18)19/h2-5,15H,6-7H2,1H3,(H,12,16). The van der Waals surface area contributed by atoms with Crippen molar-refractivity contribution < 1.29 is 19.6 Å². The first-order valence-electron chi connectivity index (χ1n) is 5.37. The highest BCUT2D eigenvalue weighted by molar-refractivity contribution is 6.39. The number of carbonyl (C=O) groups is 2. The van der Waals surface area contributed by atoms with E-state index < -0.39 is 16.7 Å². The molecule has 0 aromatic heterocycles. The summed E-state index contributed by atoms with van der Waals surface area (Å²) in [5.41, 5.74) is 0.170. The second-order valence-corrected chi connectivity index (χ2v) is 3.71. The van der Waals surface area contributed by atoms with E-state index in [4.69, 9.17) is 5.11 Å². The van der Waals surface area contributed by atoms with Crippen LogP contribution in [0.2, 0.25) is 0 Å². The Morgan fingerprint density at radius 1 is 1.37 bits per heavy atom. The van der Waals surface area contributed by atoms with Gasteiger partial charge in [-0.05, 0) is 12.1 Å². The molecule has 1 aromatic carbocycles. The summed E-state index contributed by atoms with van der Waals surface area (Å²) in [5, 5.41) is 21.4. The number of nitro groups is 1. The molecule has 0 fully saturated rings. The smallest absolute Gasteiger partial charge is 0.313 e. The lowest BCUT2D eigenvalue weighted by Crippen LogP contribution is -2.38. The first kappa shape index (κ1) is 14.6. The summed E-state index contributed by atoms with van der Waals surface area (Å²) >= 11 is 0. The van der Waals surface area contributed by atoms with Gasteiger partial charge in [0.1, 0.15) is 0 Å². The quantitative estimate of drug-likeness (QED) is 0.452. The zero-order chi connectivity index (χ0) is 14.4. The molecule has 0 aliphatic heterocycles. The fraction of sp³-hybridized carbons (Fsp3) is 0.273. The molecule has 102 valence electrons. The van der Waals surface area contributed by atoms with Crippen molar-refractivity contribution in [2.75, 3.05) is 25.5 Å². The van der Waals surface area contributed by atoms with E-state index in [1.54, 1.807) is 0 Å². The Morgan fingerprint density at radius 3 is 2.42 bits per heavy atom. The van der Waals surface area contributed by atoms with Gasteiger partial charge >= 0.3 is 11.8 Å². The summed E-state index contributed by atoms with van der Waals surface area (Å²) in [6, 6.07) is 5.10. The van der Waals surface area contributed by atoms with Crippen LogP contribution in [-0.4, -0.2) is 46.9 Å². The third-order valence-corrected chi connectivity index (χ3v) is 2.31. The Morgan fingerprint density at radius 2 is 1.95 bits per heavy atom. The number of nitro benzene ring substituents is 1. The number of hydrogen-bond acceptors (Lipinski definition) is 5. The Balaban J connectivity index is 2.66. The zero-order valence-electron chi connectivity index (χ0n) is 10.2. The highest BCUT2D eigenvalue weighted by Gasteiger charge is 2.18. The number of hydrogen-bond donors (Lipinski definition) is 2. The number of benzene rings is 1. The second-order valence-electron chi connectivity index (χ2n) is 3.71. The summed E-state index contributed by atoms with van der Waals surface area (Å²) in [4.78, 5) is 34.0. The van der Waals surface area contributed by atoms with Crippen LogP contribution in [0, 0.1) is 10.1 Å². The van der Waals surface area contributed by atoms with Crippen LogP contribution in [-0.2, 0) is 9.59 Å². The molecule has 0 unspecified atom stereocenters. The molecule has 2 N–H and O–H groups in total. The van der Waals surface area contributed by atoms with Crippen molar-refractivity contribution in [1.82, 2.24) is 4.90 Å². The van der Waals surface area contributed by atoms with Gasteiger partial charge in [0.2, 0.25) is 0 Å². The average Bonchev–Trinajstić information content (AvgIpc) is 2.38. The van der Waals surface area contributed by atoms with Crippen molar-refractivity contribution in [2.45, 2.75) is 0 Å². The summed E-state index contributed by atoms with van der Waals surface area (Å²) in [5.74, 6) is -1.67. The van der Waals surface area contributed by atoms with Crippen molar-refractivity contribution in [3.05, 3.63) is 34.4 Å². The average molecular weight is 267 g/mol. The van der Waals surface area contributed by atoms with E-state index in [-0.39, 0.29) is 24.5 Å². The fourth-order valence-electron chi connectivity index (χ4n) is 1.28. The number of carbonyl (C=O) groups excluding carboxylic acids is 2. The number of anilines is 1. The van der Waals surface area contributed by atoms with Crippen LogP contribution in [0.25, 0.3) is 0 Å². The number of non-ortho nitro benzene ring substituents is 1. The first-order valence-corrected chi connectivity index (χ1v) is 5.37. The van der Waals surface area contributed by atoms with Crippen LogP contribution >= 0.6 is 0 Å². The molecule has 0 saturated carbocycles. The molecule has 8 nitrogen and oxygen atoms in total. The van der Waals surface area contributed by atoms with E-state index in [0.717, 1.165) is 4.90 Å². The minimum atomic E-state index is -0.871. The molecule has 19 heavy (non-hydrogen) atoms. The van der Waals surface area contributed by atoms with Crippen molar-refractivity contribution in [3.8, 4) is 0 Å². The molecule has 0 atom stereocenters. The van der Waals surface area contributed by atoms with Gasteiger partial charge in [-0.15, -0.1) is 0 Å². The van der Waals surface area contributed by atoms with Crippen LogP contribution in [0.1, 0.15) is 0 Å². The molecule has 0 spiro atoms. The number of rotatable bonds is 4. The van der Waals surface area contributed by atoms with E-state index in [1.807, 2.05) is 0 Å². The molecule has 0 bridgehead atoms. The molecule has 0 radical (unpaired) electrons. The van der Waals surface area contributed by atoms with Gasteiger partial charge in [-0.25, -0.2) is 0 Å². The Bertz CT molecular complexity index is 486. The molecule has 0 aliphatic rings. The van der Waals surface area contributed by atoms with E-state index in [1.165, 1.54) is 31.3 Å². The molecular formula is C11H13N3O5. The Labute approximate surface area is 108 Å². The summed E-state index contributed by atoms with van der Waals surface area (Å²) in [7, 11) is 1.38. The number of nitrogens with one attached hydrogen (secondary N) is 1. The largest absolute Gasteiger partial charge is 0.395 e. The van der Waals surface area contributed by atoms with Crippen LogP contribution in [0.5, 0.6) is 0 Å². The van der Waals surface area contributed by atoms with Gasteiger partial charge in [-0.2, -0.15) is 0 Å². The van der Waals surface area contributed by atoms with Gasteiger partial charge in [-0.3, -0.25) is 19.7 Å². The van der Waals surface area contributed by atoms with Gasteiger partial charge < -0.3 is 15.3 Å². The highest BCUT2D eigenvalue weighted by atomic mass is 16.6. The molecule has 2 amide bonds. The first-order chi connectivity index (χ1) is 8.95. The summed E-state index contributed by atoms with van der Waals surface area (Å²) in [6.45, 7) is -0.195. The molecule has 0 heterocycles. The molecule has 8 heteroatoms. The maximum Gasteiger partial charge on any atom is 0.313 e. The second kappa shape index (κ2) is 6.45. The van der Waals surface area contributed by atoms with E-state index in [0.29, 0.717) is 0 Å². The molecular weight excluding hydrogens is 254 g/mol. The molecule has 0 saturated heterocycles. The normalized spacial score (nSPS) is 9.79. The molecule has 0 aliphatic carbocycles.